The molecule has 5 heteroatoms. The van der Waals surface area contributed by atoms with Crippen molar-refractivity contribution in [2.24, 2.45) is 0 Å². The zero-order valence-electron chi connectivity index (χ0n) is 10.5. The molecular formula is C12H19N3O2. The number of hydrogen-bond acceptors (Lipinski definition) is 4. The minimum absolute atomic E-state index is 0.135. The van der Waals surface area contributed by atoms with E-state index in [1.165, 1.54) is 4.90 Å². The summed E-state index contributed by atoms with van der Waals surface area (Å²) in [5, 5.41) is 12.5. The van der Waals surface area contributed by atoms with Crippen molar-refractivity contribution < 1.29 is 9.90 Å². The van der Waals surface area contributed by atoms with Crippen molar-refractivity contribution in [2.75, 3.05) is 26.0 Å². The van der Waals surface area contributed by atoms with Gasteiger partial charge in [0.05, 0.1) is 6.10 Å². The van der Waals surface area contributed by atoms with Gasteiger partial charge in [-0.3, -0.25) is 9.78 Å². The monoisotopic (exact) mass is 237 g/mol. The molecule has 0 saturated carbocycles. The van der Waals surface area contributed by atoms with Crippen molar-refractivity contribution in [1.29, 1.82) is 0 Å². The van der Waals surface area contributed by atoms with Gasteiger partial charge >= 0.3 is 0 Å². The van der Waals surface area contributed by atoms with Gasteiger partial charge < -0.3 is 15.3 Å². The molecule has 0 aliphatic carbocycles. The zero-order chi connectivity index (χ0) is 12.8. The molecule has 1 amide bonds. The summed E-state index contributed by atoms with van der Waals surface area (Å²) in [6.45, 7) is 2.38. The molecule has 0 aliphatic heterocycles. The molecule has 0 aliphatic rings. The van der Waals surface area contributed by atoms with Crippen molar-refractivity contribution in [3.05, 3.63) is 24.0 Å². The summed E-state index contributed by atoms with van der Waals surface area (Å²) in [7, 11) is 3.37. The van der Waals surface area contributed by atoms with Crippen LogP contribution >= 0.6 is 0 Å². The molecule has 1 heterocycles. The molecule has 1 atom stereocenters. The minimum atomic E-state index is -0.379. The predicted molar refractivity (Wildman–Crippen MR) is 67.0 cm³/mol. The van der Waals surface area contributed by atoms with E-state index in [4.69, 9.17) is 0 Å². The smallest absolute Gasteiger partial charge is 0.272 e. The van der Waals surface area contributed by atoms with Crippen LogP contribution in [0.15, 0.2) is 18.3 Å². The molecule has 0 spiro atoms. The highest BCUT2D eigenvalue weighted by molar-refractivity contribution is 5.92. The molecule has 0 fully saturated rings. The molecule has 1 aromatic rings. The van der Waals surface area contributed by atoms with Gasteiger partial charge in [-0.1, -0.05) is 6.92 Å². The molecule has 0 saturated heterocycles. The maximum absolute atomic E-state index is 11.7. The molecular weight excluding hydrogens is 218 g/mol. The maximum Gasteiger partial charge on any atom is 0.272 e. The third-order valence-corrected chi connectivity index (χ3v) is 2.40. The van der Waals surface area contributed by atoms with Crippen molar-refractivity contribution in [2.45, 2.75) is 19.4 Å². The summed E-state index contributed by atoms with van der Waals surface area (Å²) < 4.78 is 0. The van der Waals surface area contributed by atoms with E-state index in [0.29, 0.717) is 18.7 Å². The van der Waals surface area contributed by atoms with Crippen molar-refractivity contribution in [3.8, 4) is 0 Å². The van der Waals surface area contributed by atoms with Gasteiger partial charge in [0, 0.05) is 32.5 Å². The highest BCUT2D eigenvalue weighted by Crippen LogP contribution is 2.09. The normalized spacial score (nSPS) is 12.0. The topological polar surface area (TPSA) is 65.5 Å². The standard InChI is InChI=1S/C12H19N3O2/c1-4-10(16)8-14-9-5-6-13-11(7-9)12(17)15(2)3/h5-7,10,16H,4,8H2,1-3H3,(H,13,14). The van der Waals surface area contributed by atoms with Crippen LogP contribution in [0, 0.1) is 0 Å². The summed E-state index contributed by atoms with van der Waals surface area (Å²) >= 11 is 0. The Bertz CT molecular complexity index is 380. The second kappa shape index (κ2) is 6.20. The second-order valence-corrected chi connectivity index (χ2v) is 4.07. The minimum Gasteiger partial charge on any atom is -0.391 e. The van der Waals surface area contributed by atoms with E-state index >= 15 is 0 Å². The first kappa shape index (κ1) is 13.4. The maximum atomic E-state index is 11.7. The number of nitrogens with zero attached hydrogens (tertiary/aromatic N) is 2. The highest BCUT2D eigenvalue weighted by atomic mass is 16.3. The average molecular weight is 237 g/mol. The number of aliphatic hydroxyl groups excluding tert-OH is 1. The van der Waals surface area contributed by atoms with E-state index in [2.05, 4.69) is 10.3 Å². The van der Waals surface area contributed by atoms with Crippen LogP contribution in [0.5, 0.6) is 0 Å². The van der Waals surface area contributed by atoms with Gasteiger partial charge in [0.1, 0.15) is 5.69 Å². The molecule has 2 N–H and O–H groups in total. The van der Waals surface area contributed by atoms with Crippen LogP contribution in [-0.4, -0.2) is 47.6 Å². The molecule has 1 aromatic heterocycles. The predicted octanol–water partition coefficient (Wildman–Crippen LogP) is 0.966. The van der Waals surface area contributed by atoms with E-state index in [1.54, 1.807) is 32.4 Å². The lowest BCUT2D eigenvalue weighted by Gasteiger charge is -2.13. The van der Waals surface area contributed by atoms with E-state index in [1.807, 2.05) is 6.92 Å². The largest absolute Gasteiger partial charge is 0.391 e. The second-order valence-electron chi connectivity index (χ2n) is 4.07. The van der Waals surface area contributed by atoms with Gasteiger partial charge in [-0.2, -0.15) is 0 Å². The number of carbonyl (C=O) groups excluding carboxylic acids is 1. The van der Waals surface area contributed by atoms with E-state index in [9.17, 15) is 9.90 Å². The van der Waals surface area contributed by atoms with Gasteiger partial charge in [0.25, 0.3) is 5.91 Å². The van der Waals surface area contributed by atoms with Crippen LogP contribution in [0.2, 0.25) is 0 Å². The van der Waals surface area contributed by atoms with Gasteiger partial charge in [0.2, 0.25) is 0 Å². The van der Waals surface area contributed by atoms with Gasteiger partial charge in [0.15, 0.2) is 0 Å². The van der Waals surface area contributed by atoms with Crippen LogP contribution in [0.4, 0.5) is 5.69 Å². The summed E-state index contributed by atoms with van der Waals surface area (Å²) in [6.07, 6.45) is 1.90. The Morgan fingerprint density at radius 2 is 2.29 bits per heavy atom. The third-order valence-electron chi connectivity index (χ3n) is 2.40. The van der Waals surface area contributed by atoms with Crippen LogP contribution in [0.3, 0.4) is 0 Å². The van der Waals surface area contributed by atoms with Gasteiger partial charge in [-0.15, -0.1) is 0 Å². The first-order chi connectivity index (χ1) is 8.04. The molecule has 0 bridgehead atoms. The van der Waals surface area contributed by atoms with Crippen molar-refractivity contribution >= 4 is 11.6 Å². The number of aliphatic hydroxyl groups is 1. The van der Waals surface area contributed by atoms with Crippen LogP contribution < -0.4 is 5.32 Å². The number of amides is 1. The molecule has 5 nitrogen and oxygen atoms in total. The number of rotatable bonds is 5. The number of hydrogen-bond donors (Lipinski definition) is 2. The number of anilines is 1. The Kier molecular flexibility index (Phi) is 4.90. The highest BCUT2D eigenvalue weighted by Gasteiger charge is 2.10. The fourth-order valence-electron chi connectivity index (χ4n) is 1.27. The third kappa shape index (κ3) is 4.03. The molecule has 17 heavy (non-hydrogen) atoms. The molecule has 0 aromatic carbocycles. The van der Waals surface area contributed by atoms with E-state index in [0.717, 1.165) is 5.69 Å². The first-order valence-electron chi connectivity index (χ1n) is 5.64. The Labute approximate surface area is 101 Å². The van der Waals surface area contributed by atoms with Crippen molar-refractivity contribution in [1.82, 2.24) is 9.88 Å². The van der Waals surface area contributed by atoms with Crippen molar-refractivity contribution in [3.63, 3.8) is 0 Å². The lowest BCUT2D eigenvalue weighted by Crippen LogP contribution is -2.23. The lowest BCUT2D eigenvalue weighted by atomic mass is 10.2. The number of pyridine rings is 1. The van der Waals surface area contributed by atoms with Crippen LogP contribution in [0.25, 0.3) is 0 Å². The summed E-state index contributed by atoms with van der Waals surface area (Å²) in [6, 6.07) is 3.46. The number of nitrogens with one attached hydrogen (secondary N) is 1. The Morgan fingerprint density at radius 1 is 1.59 bits per heavy atom. The fraction of sp³-hybridized carbons (Fsp3) is 0.500. The quantitative estimate of drug-likeness (QED) is 0.800. The summed E-state index contributed by atoms with van der Waals surface area (Å²) in [5.41, 5.74) is 1.18. The summed E-state index contributed by atoms with van der Waals surface area (Å²) in [5.74, 6) is -0.135. The average Bonchev–Trinajstić information content (AvgIpc) is 2.35. The summed E-state index contributed by atoms with van der Waals surface area (Å²) in [4.78, 5) is 17.2. The Morgan fingerprint density at radius 3 is 2.88 bits per heavy atom. The molecule has 94 valence electrons. The lowest BCUT2D eigenvalue weighted by molar-refractivity contribution is 0.0822. The van der Waals surface area contributed by atoms with E-state index in [-0.39, 0.29) is 12.0 Å². The molecule has 0 radical (unpaired) electrons. The van der Waals surface area contributed by atoms with Crippen LogP contribution in [-0.2, 0) is 0 Å². The zero-order valence-corrected chi connectivity index (χ0v) is 10.5. The Hall–Kier alpha value is -1.62. The first-order valence-corrected chi connectivity index (χ1v) is 5.64. The molecule has 1 rings (SSSR count). The Balaban J connectivity index is 2.69. The fourth-order valence-corrected chi connectivity index (χ4v) is 1.27. The van der Waals surface area contributed by atoms with Gasteiger partial charge in [-0.05, 0) is 18.6 Å². The van der Waals surface area contributed by atoms with E-state index < -0.39 is 0 Å². The number of aromatic nitrogens is 1. The molecule has 1 unspecified atom stereocenters. The van der Waals surface area contributed by atoms with Crippen LogP contribution in [0.1, 0.15) is 23.8 Å². The SMILES string of the molecule is CCC(O)CNc1ccnc(C(=O)N(C)C)c1. The number of carbonyl (C=O) groups is 1. The van der Waals surface area contributed by atoms with Gasteiger partial charge in [-0.25, -0.2) is 0 Å².